The summed E-state index contributed by atoms with van der Waals surface area (Å²) in [6.45, 7) is 0. The number of hydrogen-bond acceptors (Lipinski definition) is 5. The first kappa shape index (κ1) is 29.0. The summed E-state index contributed by atoms with van der Waals surface area (Å²) in [6, 6.07) is 56.6. The fraction of sp³-hybridized carbons (Fsp3) is 0. The average molecular weight is 653 g/mol. The highest BCUT2D eigenvalue weighted by Crippen LogP contribution is 2.42. The molecule has 0 radical (unpaired) electrons. The van der Waals surface area contributed by atoms with Crippen molar-refractivity contribution in [1.29, 1.82) is 0 Å². The van der Waals surface area contributed by atoms with Crippen LogP contribution in [-0.4, -0.2) is 19.9 Å². The Morgan fingerprint density at radius 3 is 1.61 bits per heavy atom. The highest BCUT2D eigenvalue weighted by molar-refractivity contribution is 6.15. The lowest BCUT2D eigenvalue weighted by atomic mass is 9.93. The van der Waals surface area contributed by atoms with E-state index >= 15 is 0 Å². The number of fused-ring (bicyclic) bond motifs is 5. The molecule has 7 aromatic carbocycles. The quantitative estimate of drug-likeness (QED) is 0.185. The molecule has 10 rings (SSSR count). The van der Waals surface area contributed by atoms with Crippen LogP contribution in [0.15, 0.2) is 174 Å². The third-order valence-corrected chi connectivity index (χ3v) is 9.59. The van der Waals surface area contributed by atoms with Gasteiger partial charge in [-0.15, -0.1) is 0 Å². The summed E-state index contributed by atoms with van der Waals surface area (Å²) in [7, 11) is 0. The van der Waals surface area contributed by atoms with Gasteiger partial charge < -0.3 is 4.42 Å². The maximum absolute atomic E-state index is 6.50. The summed E-state index contributed by atoms with van der Waals surface area (Å²) in [4.78, 5) is 19.5. The van der Waals surface area contributed by atoms with Crippen LogP contribution in [0, 0.1) is 0 Å². The second-order valence-electron chi connectivity index (χ2n) is 12.7. The minimum atomic E-state index is 0.619. The maximum Gasteiger partial charge on any atom is 0.227 e. The molecule has 0 aliphatic rings. The van der Waals surface area contributed by atoms with Crippen molar-refractivity contribution in [3.05, 3.63) is 170 Å². The third kappa shape index (κ3) is 5.11. The van der Waals surface area contributed by atoms with Gasteiger partial charge in [-0.2, -0.15) is 0 Å². The molecule has 3 heterocycles. The molecule has 0 bridgehead atoms. The molecule has 10 aromatic rings. The van der Waals surface area contributed by atoms with Gasteiger partial charge in [0.05, 0.1) is 0 Å². The monoisotopic (exact) mass is 652 g/mol. The Kier molecular flexibility index (Phi) is 6.74. The van der Waals surface area contributed by atoms with Crippen LogP contribution in [0.25, 0.3) is 100 Å². The van der Waals surface area contributed by atoms with Crippen molar-refractivity contribution in [3.63, 3.8) is 0 Å². The first-order chi connectivity index (χ1) is 25.2. The molecule has 5 heteroatoms. The van der Waals surface area contributed by atoms with E-state index in [1.165, 1.54) is 16.2 Å². The fourth-order valence-corrected chi connectivity index (χ4v) is 7.02. The van der Waals surface area contributed by atoms with E-state index in [0.717, 1.165) is 60.7 Å². The van der Waals surface area contributed by atoms with Crippen LogP contribution in [0.4, 0.5) is 0 Å². The van der Waals surface area contributed by atoms with Crippen molar-refractivity contribution in [2.24, 2.45) is 0 Å². The average Bonchev–Trinajstić information content (AvgIpc) is 3.60. The Morgan fingerprint density at radius 1 is 0.373 bits per heavy atom. The van der Waals surface area contributed by atoms with Crippen LogP contribution >= 0.6 is 0 Å². The zero-order valence-electron chi connectivity index (χ0n) is 27.4. The van der Waals surface area contributed by atoms with Crippen LogP contribution in [-0.2, 0) is 0 Å². The first-order valence-electron chi connectivity index (χ1n) is 17.0. The molecule has 0 amide bonds. The molecule has 0 aliphatic carbocycles. The summed E-state index contributed by atoms with van der Waals surface area (Å²) in [5.41, 5.74) is 8.51. The molecule has 0 aliphatic heterocycles. The lowest BCUT2D eigenvalue weighted by Gasteiger charge is -2.11. The van der Waals surface area contributed by atoms with Crippen LogP contribution < -0.4 is 0 Å². The lowest BCUT2D eigenvalue weighted by Crippen LogP contribution is -2.00. The number of rotatable bonds is 5. The van der Waals surface area contributed by atoms with Gasteiger partial charge in [-0.05, 0) is 68.6 Å². The van der Waals surface area contributed by atoms with Gasteiger partial charge in [0.15, 0.2) is 17.5 Å². The van der Waals surface area contributed by atoms with E-state index in [9.17, 15) is 0 Å². The van der Waals surface area contributed by atoms with Crippen molar-refractivity contribution < 1.29 is 4.42 Å². The molecule has 5 nitrogen and oxygen atoms in total. The summed E-state index contributed by atoms with van der Waals surface area (Å²) in [5, 5.41) is 6.74. The van der Waals surface area contributed by atoms with E-state index < -0.39 is 0 Å². The molecule has 0 fully saturated rings. The second kappa shape index (κ2) is 11.9. The predicted octanol–water partition coefficient (Wildman–Crippen LogP) is 11.8. The van der Waals surface area contributed by atoms with Gasteiger partial charge in [-0.25, -0.2) is 19.9 Å². The molecule has 0 saturated heterocycles. The van der Waals surface area contributed by atoms with Crippen LogP contribution in [0.5, 0.6) is 0 Å². The first-order valence-corrected chi connectivity index (χ1v) is 17.0. The fourth-order valence-electron chi connectivity index (χ4n) is 7.02. The molecule has 51 heavy (non-hydrogen) atoms. The van der Waals surface area contributed by atoms with E-state index in [1.54, 1.807) is 6.20 Å². The van der Waals surface area contributed by atoms with Crippen molar-refractivity contribution in [3.8, 4) is 56.4 Å². The third-order valence-electron chi connectivity index (χ3n) is 9.59. The SMILES string of the molecule is c1ccc(-c2nc(-c3ccc(-c4ccc(-c5ccc6ccccc6c5)c5oc6ncccc6c45)cc3)nc(-c3ccc4ccccc4c3)n2)cc1. The lowest BCUT2D eigenvalue weighted by molar-refractivity contribution is 0.655. The number of furan rings is 1. The molecule has 238 valence electrons. The Morgan fingerprint density at radius 2 is 0.902 bits per heavy atom. The zero-order chi connectivity index (χ0) is 33.7. The Bertz CT molecular complexity index is 2910. The van der Waals surface area contributed by atoms with E-state index in [1.807, 2.05) is 36.4 Å². The van der Waals surface area contributed by atoms with E-state index in [-0.39, 0.29) is 0 Å². The number of hydrogen-bond donors (Lipinski definition) is 0. The van der Waals surface area contributed by atoms with Crippen LogP contribution in [0.1, 0.15) is 0 Å². The van der Waals surface area contributed by atoms with Gasteiger partial charge in [-0.3, -0.25) is 0 Å². The Balaban J connectivity index is 1.09. The highest BCUT2D eigenvalue weighted by atomic mass is 16.3. The van der Waals surface area contributed by atoms with E-state index in [2.05, 4.69) is 132 Å². The zero-order valence-corrected chi connectivity index (χ0v) is 27.4. The van der Waals surface area contributed by atoms with Gasteiger partial charge in [-0.1, -0.05) is 133 Å². The van der Waals surface area contributed by atoms with Gasteiger partial charge in [0, 0.05) is 39.2 Å². The normalized spacial score (nSPS) is 11.5. The van der Waals surface area contributed by atoms with Crippen molar-refractivity contribution in [1.82, 2.24) is 19.9 Å². The largest absolute Gasteiger partial charge is 0.437 e. The molecule has 0 saturated carbocycles. The minimum absolute atomic E-state index is 0.619. The predicted molar refractivity (Wildman–Crippen MR) is 207 cm³/mol. The van der Waals surface area contributed by atoms with E-state index in [4.69, 9.17) is 19.4 Å². The summed E-state index contributed by atoms with van der Waals surface area (Å²) in [5.74, 6) is 1.89. The standard InChI is InChI=1S/C46H28N4O/c1-2-11-32(12-3-1)43-48-44(50-45(49-43)37-23-17-30-10-5-7-14-35(30)28-37)33-20-18-31(19-21-33)38-24-25-39(36-22-16-29-9-4-6-13-34(29)27-36)42-41(38)40-15-8-26-47-46(40)51-42/h1-28H. The molecule has 3 aromatic heterocycles. The number of aromatic nitrogens is 4. The van der Waals surface area contributed by atoms with Crippen molar-refractivity contribution in [2.45, 2.75) is 0 Å². The number of pyridine rings is 1. The smallest absolute Gasteiger partial charge is 0.227 e. The number of benzene rings is 7. The molecular weight excluding hydrogens is 625 g/mol. The molecule has 0 atom stereocenters. The topological polar surface area (TPSA) is 64.7 Å². The van der Waals surface area contributed by atoms with Crippen LogP contribution in [0.3, 0.4) is 0 Å². The maximum atomic E-state index is 6.50. The number of nitrogens with zero attached hydrogens (tertiary/aromatic N) is 4. The Labute approximate surface area is 293 Å². The van der Waals surface area contributed by atoms with Gasteiger partial charge in [0.1, 0.15) is 5.58 Å². The summed E-state index contributed by atoms with van der Waals surface area (Å²) in [6.07, 6.45) is 1.78. The van der Waals surface area contributed by atoms with Crippen molar-refractivity contribution in [2.75, 3.05) is 0 Å². The van der Waals surface area contributed by atoms with Crippen LogP contribution in [0.2, 0.25) is 0 Å². The summed E-state index contributed by atoms with van der Waals surface area (Å²) >= 11 is 0. The van der Waals surface area contributed by atoms with Gasteiger partial charge >= 0.3 is 0 Å². The second-order valence-corrected chi connectivity index (χ2v) is 12.7. The summed E-state index contributed by atoms with van der Waals surface area (Å²) < 4.78 is 6.50. The minimum Gasteiger partial charge on any atom is -0.437 e. The van der Waals surface area contributed by atoms with Gasteiger partial charge in [0.2, 0.25) is 5.71 Å². The molecule has 0 spiro atoms. The van der Waals surface area contributed by atoms with E-state index in [0.29, 0.717) is 23.2 Å². The highest BCUT2D eigenvalue weighted by Gasteiger charge is 2.19. The molecule has 0 unspecified atom stereocenters. The van der Waals surface area contributed by atoms with Gasteiger partial charge in [0.25, 0.3) is 0 Å². The Hall–Kier alpha value is -6.98. The molecule has 0 N–H and O–H groups in total. The van der Waals surface area contributed by atoms with Crippen molar-refractivity contribution >= 4 is 43.6 Å². The molecular formula is C46H28N4O.